The van der Waals surface area contributed by atoms with Crippen LogP contribution in [0.2, 0.25) is 0 Å². The number of methoxy groups -OCH3 is 2. The van der Waals surface area contributed by atoms with Gasteiger partial charge in [-0.3, -0.25) is 0 Å². The molecule has 0 radical (unpaired) electrons. The van der Waals surface area contributed by atoms with Crippen molar-refractivity contribution >= 4 is 45.3 Å². The Bertz CT molecular complexity index is 1080. The second-order valence-electron chi connectivity index (χ2n) is 5.89. The van der Waals surface area contributed by atoms with Crippen LogP contribution in [-0.2, 0) is 5.75 Å². The zero-order valence-corrected chi connectivity index (χ0v) is 18.2. The van der Waals surface area contributed by atoms with Crippen LogP contribution >= 0.6 is 34.4 Å². The number of nitrogens with one attached hydrogen (secondary N) is 1. The summed E-state index contributed by atoms with van der Waals surface area (Å²) in [5.41, 5.74) is 3.04. The van der Waals surface area contributed by atoms with E-state index < -0.39 is 0 Å². The first-order chi connectivity index (χ1) is 14.2. The van der Waals surface area contributed by atoms with Crippen LogP contribution in [0, 0.1) is 0 Å². The Labute approximate surface area is 181 Å². The molecule has 0 bridgehead atoms. The predicted molar refractivity (Wildman–Crippen MR) is 120 cm³/mol. The highest BCUT2D eigenvalue weighted by molar-refractivity contribution is 8.00. The Balaban J connectivity index is 1.35. The van der Waals surface area contributed by atoms with Crippen molar-refractivity contribution in [1.82, 2.24) is 15.2 Å². The Hall–Kier alpha value is -2.62. The summed E-state index contributed by atoms with van der Waals surface area (Å²) >= 11 is 4.79. The van der Waals surface area contributed by atoms with E-state index in [1.807, 2.05) is 48.5 Å². The van der Waals surface area contributed by atoms with Gasteiger partial charge in [-0.2, -0.15) is 0 Å². The van der Waals surface area contributed by atoms with Crippen molar-refractivity contribution in [3.8, 4) is 22.1 Å². The molecule has 6 nitrogen and oxygen atoms in total. The van der Waals surface area contributed by atoms with Crippen molar-refractivity contribution in [2.75, 3.05) is 19.5 Å². The van der Waals surface area contributed by atoms with E-state index in [2.05, 4.69) is 20.9 Å². The standard InChI is InChI=1S/C20H18N4O2S3/c1-25-16-8-6-13(7-9-16)18-21-15(11-27-18)12-28-20-24-23-19(29-20)22-14-4-3-5-17(10-14)26-2/h3-11H,12H2,1-2H3,(H,22,23). The average molecular weight is 443 g/mol. The minimum atomic E-state index is 0.748. The van der Waals surface area contributed by atoms with Crippen molar-refractivity contribution in [3.63, 3.8) is 0 Å². The molecule has 1 N–H and O–H groups in total. The first-order valence-electron chi connectivity index (χ1n) is 8.70. The molecule has 9 heteroatoms. The lowest BCUT2D eigenvalue weighted by Crippen LogP contribution is -1.90. The molecule has 2 aromatic carbocycles. The number of thioether (sulfide) groups is 1. The molecular weight excluding hydrogens is 424 g/mol. The van der Waals surface area contributed by atoms with Crippen molar-refractivity contribution in [1.29, 1.82) is 0 Å². The van der Waals surface area contributed by atoms with Crippen molar-refractivity contribution in [2.24, 2.45) is 0 Å². The quantitative estimate of drug-likeness (QED) is 0.350. The molecule has 148 valence electrons. The summed E-state index contributed by atoms with van der Waals surface area (Å²) in [6.07, 6.45) is 0. The summed E-state index contributed by atoms with van der Waals surface area (Å²) < 4.78 is 11.3. The fourth-order valence-electron chi connectivity index (χ4n) is 2.52. The lowest BCUT2D eigenvalue weighted by atomic mass is 10.2. The highest BCUT2D eigenvalue weighted by atomic mass is 32.2. The molecule has 0 fully saturated rings. The summed E-state index contributed by atoms with van der Waals surface area (Å²) in [7, 11) is 3.32. The summed E-state index contributed by atoms with van der Waals surface area (Å²) in [5.74, 6) is 2.39. The molecule has 2 heterocycles. The van der Waals surface area contributed by atoms with E-state index in [-0.39, 0.29) is 0 Å². The second-order valence-corrected chi connectivity index (χ2v) is 8.95. The van der Waals surface area contributed by atoms with Crippen LogP contribution in [0.1, 0.15) is 5.69 Å². The van der Waals surface area contributed by atoms with Gasteiger partial charge in [0, 0.05) is 28.5 Å². The van der Waals surface area contributed by atoms with Crippen LogP contribution < -0.4 is 14.8 Å². The molecule has 29 heavy (non-hydrogen) atoms. The van der Waals surface area contributed by atoms with Gasteiger partial charge in [0.25, 0.3) is 0 Å². The molecule has 4 rings (SSSR count). The molecule has 4 aromatic rings. The Morgan fingerprint density at radius 2 is 1.83 bits per heavy atom. The van der Waals surface area contributed by atoms with Gasteiger partial charge < -0.3 is 14.8 Å². The summed E-state index contributed by atoms with van der Waals surface area (Å²) in [6.45, 7) is 0. The zero-order chi connectivity index (χ0) is 20.1. The molecule has 0 spiro atoms. The summed E-state index contributed by atoms with van der Waals surface area (Å²) in [5, 5.41) is 15.6. The number of ether oxygens (including phenoxy) is 2. The van der Waals surface area contributed by atoms with E-state index in [1.165, 1.54) is 11.3 Å². The van der Waals surface area contributed by atoms with E-state index in [0.29, 0.717) is 0 Å². The topological polar surface area (TPSA) is 69.2 Å². The van der Waals surface area contributed by atoms with Crippen molar-refractivity contribution < 1.29 is 9.47 Å². The molecular formula is C20H18N4O2S3. The minimum absolute atomic E-state index is 0.748. The van der Waals surface area contributed by atoms with Gasteiger partial charge in [-0.25, -0.2) is 4.98 Å². The maximum atomic E-state index is 5.24. The Kier molecular flexibility index (Phi) is 6.28. The average Bonchev–Trinajstić information content (AvgIpc) is 3.42. The SMILES string of the molecule is COc1ccc(-c2nc(CSc3nnc(Nc4cccc(OC)c4)s3)cs2)cc1. The number of benzene rings is 2. The predicted octanol–water partition coefficient (Wildman–Crippen LogP) is 5.71. The van der Waals surface area contributed by atoms with E-state index in [0.717, 1.165) is 48.7 Å². The van der Waals surface area contributed by atoms with Gasteiger partial charge in [0.2, 0.25) is 5.13 Å². The number of thiazole rings is 1. The molecule has 0 amide bonds. The highest BCUT2D eigenvalue weighted by Crippen LogP contribution is 2.32. The van der Waals surface area contributed by atoms with Crippen LogP contribution in [0.5, 0.6) is 11.5 Å². The van der Waals surface area contributed by atoms with Crippen LogP contribution in [0.3, 0.4) is 0 Å². The first-order valence-corrected chi connectivity index (χ1v) is 11.4. The molecule has 0 aliphatic carbocycles. The zero-order valence-electron chi connectivity index (χ0n) is 15.8. The fourth-order valence-corrected chi connectivity index (χ4v) is 5.11. The van der Waals surface area contributed by atoms with Gasteiger partial charge in [0.05, 0.1) is 19.9 Å². The summed E-state index contributed by atoms with van der Waals surface area (Å²) in [4.78, 5) is 4.73. The van der Waals surface area contributed by atoms with Gasteiger partial charge >= 0.3 is 0 Å². The smallest absolute Gasteiger partial charge is 0.210 e. The minimum Gasteiger partial charge on any atom is -0.497 e. The number of rotatable bonds is 8. The highest BCUT2D eigenvalue weighted by Gasteiger charge is 2.09. The van der Waals surface area contributed by atoms with Crippen molar-refractivity contribution in [2.45, 2.75) is 10.1 Å². The van der Waals surface area contributed by atoms with Gasteiger partial charge in [-0.05, 0) is 36.4 Å². The number of nitrogens with zero attached hydrogens (tertiary/aromatic N) is 3. The number of anilines is 2. The summed E-state index contributed by atoms with van der Waals surface area (Å²) in [6, 6.07) is 15.7. The molecule has 0 unspecified atom stereocenters. The van der Waals surface area contributed by atoms with E-state index in [1.54, 1.807) is 37.3 Å². The van der Waals surface area contributed by atoms with Crippen molar-refractivity contribution in [3.05, 3.63) is 59.6 Å². The van der Waals surface area contributed by atoms with Gasteiger partial charge in [0.1, 0.15) is 16.5 Å². The second kappa shape index (κ2) is 9.25. The Morgan fingerprint density at radius 1 is 1.00 bits per heavy atom. The van der Waals surface area contributed by atoms with Crippen LogP contribution in [0.25, 0.3) is 10.6 Å². The van der Waals surface area contributed by atoms with Gasteiger partial charge in [-0.1, -0.05) is 29.2 Å². The molecule has 0 saturated heterocycles. The largest absolute Gasteiger partial charge is 0.497 e. The number of hydrogen-bond donors (Lipinski definition) is 1. The first kappa shape index (κ1) is 19.7. The van der Waals surface area contributed by atoms with Gasteiger partial charge in [-0.15, -0.1) is 21.5 Å². The fraction of sp³-hybridized carbons (Fsp3) is 0.150. The number of aromatic nitrogens is 3. The van der Waals surface area contributed by atoms with Gasteiger partial charge in [0.15, 0.2) is 4.34 Å². The van der Waals surface area contributed by atoms with E-state index in [9.17, 15) is 0 Å². The molecule has 0 aliphatic heterocycles. The third kappa shape index (κ3) is 5.06. The lowest BCUT2D eigenvalue weighted by molar-refractivity contribution is 0.415. The number of hydrogen-bond acceptors (Lipinski definition) is 9. The van der Waals surface area contributed by atoms with Crippen LogP contribution in [0.4, 0.5) is 10.8 Å². The molecule has 0 saturated carbocycles. The van der Waals surface area contributed by atoms with Crippen LogP contribution in [0.15, 0.2) is 58.3 Å². The molecule has 2 aromatic heterocycles. The van der Waals surface area contributed by atoms with E-state index >= 15 is 0 Å². The monoisotopic (exact) mass is 442 g/mol. The normalized spacial score (nSPS) is 10.7. The molecule has 0 atom stereocenters. The lowest BCUT2D eigenvalue weighted by Gasteiger charge is -2.04. The third-order valence-corrected chi connectivity index (χ3v) is 6.91. The molecule has 0 aliphatic rings. The maximum Gasteiger partial charge on any atom is 0.210 e. The third-order valence-electron chi connectivity index (χ3n) is 3.96. The Morgan fingerprint density at radius 3 is 2.62 bits per heavy atom. The van der Waals surface area contributed by atoms with Crippen LogP contribution in [-0.4, -0.2) is 29.4 Å². The van der Waals surface area contributed by atoms with E-state index in [4.69, 9.17) is 14.5 Å². The maximum absolute atomic E-state index is 5.24.